The molecule has 1 aliphatic heterocycles. The maximum absolute atomic E-state index is 13.0. The van der Waals surface area contributed by atoms with Gasteiger partial charge in [0.2, 0.25) is 0 Å². The summed E-state index contributed by atoms with van der Waals surface area (Å²) in [5.41, 5.74) is 1.19. The molecule has 136 valence electrons. The van der Waals surface area contributed by atoms with Crippen LogP contribution in [0.1, 0.15) is 36.5 Å². The molecular weight excluding hydrogens is 340 g/mol. The molecule has 8 nitrogen and oxygen atoms in total. The number of imide groups is 1. The third-order valence-corrected chi connectivity index (χ3v) is 4.79. The van der Waals surface area contributed by atoms with Crippen LogP contribution in [0.2, 0.25) is 0 Å². The minimum absolute atomic E-state index is 0.0192. The van der Waals surface area contributed by atoms with Crippen molar-refractivity contribution >= 4 is 23.3 Å². The third-order valence-electron chi connectivity index (χ3n) is 4.79. The first kappa shape index (κ1) is 17.9. The molecule has 1 aromatic carbocycles. The number of carbonyl (C=O) groups is 3. The van der Waals surface area contributed by atoms with Gasteiger partial charge < -0.3 is 4.74 Å². The second-order valence-corrected chi connectivity index (χ2v) is 6.50. The molecule has 1 heterocycles. The second-order valence-electron chi connectivity index (χ2n) is 6.50. The van der Waals surface area contributed by atoms with Crippen LogP contribution in [0.25, 0.3) is 0 Å². The number of hydrogen-bond acceptors (Lipinski definition) is 6. The molecule has 0 bridgehead atoms. The molecule has 2 unspecified atom stereocenters. The Balaban J connectivity index is 1.93. The fourth-order valence-electron chi connectivity index (χ4n) is 3.55. The number of rotatable bonds is 3. The van der Waals surface area contributed by atoms with Gasteiger partial charge in [0.05, 0.1) is 11.0 Å². The molecule has 0 fully saturated rings. The first-order valence-electron chi connectivity index (χ1n) is 8.22. The Morgan fingerprint density at radius 1 is 1.23 bits per heavy atom. The maximum Gasteiger partial charge on any atom is 0.269 e. The van der Waals surface area contributed by atoms with Gasteiger partial charge in [0, 0.05) is 49.3 Å². The van der Waals surface area contributed by atoms with Crippen molar-refractivity contribution in [1.82, 2.24) is 4.90 Å². The highest BCUT2D eigenvalue weighted by Gasteiger charge is 2.42. The Morgan fingerprint density at radius 3 is 2.46 bits per heavy atom. The molecule has 2 atom stereocenters. The summed E-state index contributed by atoms with van der Waals surface area (Å²) >= 11 is 0. The van der Waals surface area contributed by atoms with Crippen molar-refractivity contribution in [2.24, 2.45) is 0 Å². The zero-order valence-corrected chi connectivity index (χ0v) is 14.4. The van der Waals surface area contributed by atoms with E-state index < -0.39 is 28.9 Å². The zero-order valence-electron chi connectivity index (χ0n) is 14.4. The summed E-state index contributed by atoms with van der Waals surface area (Å²) in [5.74, 6) is -0.956. The minimum atomic E-state index is -0.640. The zero-order chi connectivity index (χ0) is 19.0. The van der Waals surface area contributed by atoms with Crippen molar-refractivity contribution in [2.45, 2.75) is 38.3 Å². The van der Waals surface area contributed by atoms with Crippen LogP contribution in [-0.4, -0.2) is 46.7 Å². The molecule has 0 saturated heterocycles. The van der Waals surface area contributed by atoms with Gasteiger partial charge in [-0.05, 0) is 31.1 Å². The number of nitrogens with zero attached hydrogens (tertiary/aromatic N) is 2. The fraction of sp³-hybridized carbons (Fsp3) is 0.389. The number of non-ortho nitro benzene ring substituents is 1. The summed E-state index contributed by atoms with van der Waals surface area (Å²) < 4.78 is 5.30. The lowest BCUT2D eigenvalue weighted by molar-refractivity contribution is -0.384. The lowest BCUT2D eigenvalue weighted by Gasteiger charge is -2.38. The Morgan fingerprint density at radius 2 is 1.88 bits per heavy atom. The van der Waals surface area contributed by atoms with E-state index in [1.165, 1.54) is 31.4 Å². The van der Waals surface area contributed by atoms with Crippen molar-refractivity contribution in [1.29, 1.82) is 0 Å². The summed E-state index contributed by atoms with van der Waals surface area (Å²) in [4.78, 5) is 49.0. The van der Waals surface area contributed by atoms with Crippen LogP contribution < -0.4 is 0 Å². The highest BCUT2D eigenvalue weighted by molar-refractivity contribution is 6.12. The average Bonchev–Trinajstić information content (AvgIpc) is 2.60. The van der Waals surface area contributed by atoms with Crippen LogP contribution in [-0.2, 0) is 14.3 Å². The van der Waals surface area contributed by atoms with E-state index in [0.29, 0.717) is 12.0 Å². The van der Waals surface area contributed by atoms with Gasteiger partial charge in [0.15, 0.2) is 0 Å². The normalized spacial score (nSPS) is 23.1. The van der Waals surface area contributed by atoms with E-state index in [4.69, 9.17) is 4.74 Å². The molecular formula is C18H18N2O6. The van der Waals surface area contributed by atoms with Crippen LogP contribution in [0.4, 0.5) is 5.69 Å². The SMILES string of the molecule is COC1CC(=O)CC2=C1C(=O)N(C(=O)c1ccc([N+](=O)[O-])cc1)C(C)C2. The number of ketones is 1. The predicted molar refractivity (Wildman–Crippen MR) is 90.4 cm³/mol. The summed E-state index contributed by atoms with van der Waals surface area (Å²) in [5, 5.41) is 10.7. The summed E-state index contributed by atoms with van der Waals surface area (Å²) in [7, 11) is 1.43. The molecule has 8 heteroatoms. The van der Waals surface area contributed by atoms with Crippen molar-refractivity contribution in [3.8, 4) is 0 Å². The van der Waals surface area contributed by atoms with E-state index in [0.717, 1.165) is 10.5 Å². The minimum Gasteiger partial charge on any atom is -0.376 e. The number of Topliss-reactive ketones (excluding diaryl/α,β-unsaturated/α-hetero) is 1. The van der Waals surface area contributed by atoms with Gasteiger partial charge in [-0.1, -0.05) is 0 Å². The molecule has 1 aliphatic carbocycles. The molecule has 0 spiro atoms. The quantitative estimate of drug-likeness (QED) is 0.465. The van der Waals surface area contributed by atoms with Crippen molar-refractivity contribution in [3.63, 3.8) is 0 Å². The van der Waals surface area contributed by atoms with Crippen LogP contribution >= 0.6 is 0 Å². The number of hydrogen-bond donors (Lipinski definition) is 0. The van der Waals surface area contributed by atoms with E-state index in [1.54, 1.807) is 6.92 Å². The molecule has 3 rings (SSSR count). The number of benzene rings is 1. The first-order valence-corrected chi connectivity index (χ1v) is 8.22. The highest BCUT2D eigenvalue weighted by Crippen LogP contribution is 2.35. The number of nitro benzene ring substituents is 1. The Hall–Kier alpha value is -2.87. The summed E-state index contributed by atoms with van der Waals surface area (Å²) in [6, 6.07) is 4.72. The van der Waals surface area contributed by atoms with Gasteiger partial charge in [-0.15, -0.1) is 0 Å². The van der Waals surface area contributed by atoms with Crippen molar-refractivity contribution < 1.29 is 24.0 Å². The Bertz CT molecular complexity index is 827. The van der Waals surface area contributed by atoms with E-state index in [-0.39, 0.29) is 29.9 Å². The molecule has 0 aromatic heterocycles. The van der Waals surface area contributed by atoms with Crippen LogP contribution in [0.5, 0.6) is 0 Å². The van der Waals surface area contributed by atoms with Gasteiger partial charge in [0.1, 0.15) is 5.78 Å². The van der Waals surface area contributed by atoms with Crippen LogP contribution in [0, 0.1) is 10.1 Å². The average molecular weight is 358 g/mol. The largest absolute Gasteiger partial charge is 0.376 e. The standard InChI is InChI=1S/C18H18N2O6/c1-10-7-12-8-14(21)9-15(26-2)16(12)18(23)19(10)17(22)11-3-5-13(6-4-11)20(24)25/h3-6,10,15H,7-9H2,1-2H3. The first-order chi connectivity index (χ1) is 12.3. The predicted octanol–water partition coefficient (Wildman–Crippen LogP) is 2.03. The lowest BCUT2D eigenvalue weighted by Crippen LogP contribution is -2.50. The molecule has 2 amide bonds. The molecule has 26 heavy (non-hydrogen) atoms. The molecule has 0 radical (unpaired) electrons. The number of carbonyl (C=O) groups excluding carboxylic acids is 3. The van der Waals surface area contributed by atoms with Crippen LogP contribution in [0.15, 0.2) is 35.4 Å². The number of amides is 2. The topological polar surface area (TPSA) is 107 Å². The van der Waals surface area contributed by atoms with Gasteiger partial charge in [-0.25, -0.2) is 0 Å². The maximum atomic E-state index is 13.0. The molecule has 0 saturated carbocycles. The third kappa shape index (κ3) is 3.03. The molecule has 1 aromatic rings. The number of ether oxygens (including phenoxy) is 1. The highest BCUT2D eigenvalue weighted by atomic mass is 16.6. The van der Waals surface area contributed by atoms with E-state index in [2.05, 4.69) is 0 Å². The van der Waals surface area contributed by atoms with E-state index in [1.807, 2.05) is 0 Å². The monoisotopic (exact) mass is 358 g/mol. The molecule has 0 N–H and O–H groups in total. The van der Waals surface area contributed by atoms with Crippen molar-refractivity contribution in [3.05, 3.63) is 51.1 Å². The second kappa shape index (κ2) is 6.80. The smallest absolute Gasteiger partial charge is 0.269 e. The summed E-state index contributed by atoms with van der Waals surface area (Å²) in [6.07, 6.45) is 0.115. The lowest BCUT2D eigenvalue weighted by atomic mass is 9.81. The van der Waals surface area contributed by atoms with Gasteiger partial charge in [0.25, 0.3) is 17.5 Å². The number of nitro groups is 1. The van der Waals surface area contributed by atoms with Gasteiger partial charge >= 0.3 is 0 Å². The fourth-order valence-corrected chi connectivity index (χ4v) is 3.55. The van der Waals surface area contributed by atoms with E-state index >= 15 is 0 Å². The Kier molecular flexibility index (Phi) is 4.69. The van der Waals surface area contributed by atoms with Crippen LogP contribution in [0.3, 0.4) is 0 Å². The van der Waals surface area contributed by atoms with Gasteiger partial charge in [-0.3, -0.25) is 29.4 Å². The summed E-state index contributed by atoms with van der Waals surface area (Å²) in [6.45, 7) is 1.74. The van der Waals surface area contributed by atoms with Crippen molar-refractivity contribution in [2.75, 3.05) is 7.11 Å². The van der Waals surface area contributed by atoms with E-state index in [9.17, 15) is 24.5 Å². The number of methoxy groups -OCH3 is 1. The molecule has 2 aliphatic rings. The Labute approximate surface area is 149 Å². The van der Waals surface area contributed by atoms with Gasteiger partial charge in [-0.2, -0.15) is 0 Å².